The number of nitrogens with zero attached hydrogens (tertiary/aromatic N) is 2. The lowest BCUT2D eigenvalue weighted by atomic mass is 10.1. The van der Waals surface area contributed by atoms with Crippen molar-refractivity contribution < 1.29 is 4.39 Å². The van der Waals surface area contributed by atoms with Crippen molar-refractivity contribution in [2.45, 2.75) is 0 Å². The van der Waals surface area contributed by atoms with Crippen LogP contribution in [0.15, 0.2) is 35.7 Å². The van der Waals surface area contributed by atoms with Gasteiger partial charge in [-0.05, 0) is 23.6 Å². The van der Waals surface area contributed by atoms with Gasteiger partial charge in [0.15, 0.2) is 11.6 Å². The maximum absolute atomic E-state index is 13.7. The molecule has 90 valence electrons. The molecular formula is C12H9FN4S. The molecule has 6 heteroatoms. The van der Waals surface area contributed by atoms with Crippen LogP contribution in [0.3, 0.4) is 0 Å². The molecule has 1 aromatic carbocycles. The topological polar surface area (TPSA) is 67.6 Å². The molecule has 18 heavy (non-hydrogen) atoms. The van der Waals surface area contributed by atoms with E-state index in [-0.39, 0.29) is 11.4 Å². The molecule has 0 saturated heterocycles. The van der Waals surface area contributed by atoms with Gasteiger partial charge >= 0.3 is 0 Å². The summed E-state index contributed by atoms with van der Waals surface area (Å²) < 4.78 is 13.7. The van der Waals surface area contributed by atoms with Crippen molar-refractivity contribution in [1.29, 1.82) is 0 Å². The number of aromatic amines is 1. The molecule has 0 radical (unpaired) electrons. The van der Waals surface area contributed by atoms with E-state index >= 15 is 0 Å². The third kappa shape index (κ3) is 1.76. The van der Waals surface area contributed by atoms with Crippen LogP contribution in [0, 0.1) is 5.82 Å². The highest BCUT2D eigenvalue weighted by atomic mass is 32.1. The molecule has 0 fully saturated rings. The summed E-state index contributed by atoms with van der Waals surface area (Å²) in [6.45, 7) is 0. The first-order valence-electron chi connectivity index (χ1n) is 5.26. The molecule has 2 heterocycles. The minimum absolute atomic E-state index is 0.233. The molecule has 3 aromatic rings. The molecule has 0 spiro atoms. The molecule has 0 aliphatic heterocycles. The molecule has 0 aliphatic carbocycles. The van der Waals surface area contributed by atoms with Crippen molar-refractivity contribution in [3.8, 4) is 22.1 Å². The average Bonchev–Trinajstić information content (AvgIpc) is 2.99. The van der Waals surface area contributed by atoms with Gasteiger partial charge in [0.25, 0.3) is 0 Å². The number of anilines is 1. The molecule has 2 aromatic heterocycles. The van der Waals surface area contributed by atoms with E-state index in [9.17, 15) is 4.39 Å². The lowest BCUT2D eigenvalue weighted by Crippen LogP contribution is -1.94. The zero-order chi connectivity index (χ0) is 12.5. The van der Waals surface area contributed by atoms with Gasteiger partial charge in [0.05, 0.1) is 10.4 Å². The minimum atomic E-state index is -0.424. The largest absolute Gasteiger partial charge is 0.398 e. The normalized spacial score (nSPS) is 10.7. The quantitative estimate of drug-likeness (QED) is 0.696. The van der Waals surface area contributed by atoms with E-state index in [1.807, 2.05) is 17.5 Å². The van der Waals surface area contributed by atoms with Crippen LogP contribution in [0.5, 0.6) is 0 Å². The van der Waals surface area contributed by atoms with Crippen LogP contribution in [0.4, 0.5) is 10.1 Å². The van der Waals surface area contributed by atoms with Crippen molar-refractivity contribution in [3.63, 3.8) is 0 Å². The number of hydrogen-bond donors (Lipinski definition) is 2. The number of thiophene rings is 1. The summed E-state index contributed by atoms with van der Waals surface area (Å²) in [5, 5.41) is 8.74. The van der Waals surface area contributed by atoms with Crippen LogP contribution < -0.4 is 5.73 Å². The maximum Gasteiger partial charge on any atom is 0.186 e. The Hall–Kier alpha value is -2.21. The number of rotatable bonds is 2. The summed E-state index contributed by atoms with van der Waals surface area (Å²) in [5.41, 5.74) is 6.31. The second kappa shape index (κ2) is 4.23. The number of hydrogen-bond acceptors (Lipinski definition) is 4. The third-order valence-corrected chi connectivity index (χ3v) is 3.39. The Kier molecular flexibility index (Phi) is 2.56. The highest BCUT2D eigenvalue weighted by molar-refractivity contribution is 7.13. The summed E-state index contributed by atoms with van der Waals surface area (Å²) >= 11 is 1.53. The van der Waals surface area contributed by atoms with Crippen LogP contribution >= 0.6 is 11.3 Å². The molecule has 3 rings (SSSR count). The Balaban J connectivity index is 2.09. The number of nitrogens with two attached hydrogens (primary N) is 1. The Morgan fingerprint density at radius 3 is 2.83 bits per heavy atom. The highest BCUT2D eigenvalue weighted by Crippen LogP contribution is 2.28. The van der Waals surface area contributed by atoms with Crippen LogP contribution in [0.1, 0.15) is 0 Å². The van der Waals surface area contributed by atoms with Gasteiger partial charge in [0, 0.05) is 5.69 Å². The van der Waals surface area contributed by atoms with Gasteiger partial charge in [-0.3, -0.25) is 5.10 Å². The molecule has 4 nitrogen and oxygen atoms in total. The first-order valence-corrected chi connectivity index (χ1v) is 6.14. The summed E-state index contributed by atoms with van der Waals surface area (Å²) in [6.07, 6.45) is 0. The van der Waals surface area contributed by atoms with Gasteiger partial charge < -0.3 is 5.73 Å². The Morgan fingerprint density at radius 1 is 1.22 bits per heavy atom. The van der Waals surface area contributed by atoms with Crippen molar-refractivity contribution in [1.82, 2.24) is 15.2 Å². The predicted molar refractivity (Wildman–Crippen MR) is 69.5 cm³/mol. The summed E-state index contributed by atoms with van der Waals surface area (Å²) in [5.74, 6) is 0.461. The second-order valence-corrected chi connectivity index (χ2v) is 4.64. The van der Waals surface area contributed by atoms with E-state index in [1.165, 1.54) is 17.4 Å². The fraction of sp³-hybridized carbons (Fsp3) is 0. The first kappa shape index (κ1) is 10.9. The molecule has 0 bridgehead atoms. The van der Waals surface area contributed by atoms with Gasteiger partial charge in [-0.25, -0.2) is 9.37 Å². The van der Waals surface area contributed by atoms with Crippen LogP contribution in [-0.4, -0.2) is 15.2 Å². The fourth-order valence-corrected chi connectivity index (χ4v) is 2.34. The molecule has 3 N–H and O–H groups in total. The number of halogens is 1. The molecule has 0 amide bonds. The number of nitrogen functional groups attached to an aromatic ring is 1. The van der Waals surface area contributed by atoms with Crippen LogP contribution in [0.2, 0.25) is 0 Å². The SMILES string of the molecule is Nc1cccc(F)c1-c1n[nH]c(-c2cccs2)n1. The zero-order valence-corrected chi connectivity index (χ0v) is 10.0. The minimum Gasteiger partial charge on any atom is -0.398 e. The first-order chi connectivity index (χ1) is 8.75. The van der Waals surface area contributed by atoms with Gasteiger partial charge in [0.1, 0.15) is 5.82 Å². The molecular weight excluding hydrogens is 251 g/mol. The molecule has 0 saturated carbocycles. The van der Waals surface area contributed by atoms with Crippen LogP contribution in [0.25, 0.3) is 22.1 Å². The predicted octanol–water partition coefficient (Wildman–Crippen LogP) is 2.92. The van der Waals surface area contributed by atoms with Gasteiger partial charge in [-0.1, -0.05) is 12.1 Å². The Morgan fingerprint density at radius 2 is 2.11 bits per heavy atom. The van der Waals surface area contributed by atoms with E-state index in [4.69, 9.17) is 5.73 Å². The van der Waals surface area contributed by atoms with E-state index in [2.05, 4.69) is 15.2 Å². The lowest BCUT2D eigenvalue weighted by Gasteiger charge is -2.01. The Bertz CT molecular complexity index is 655. The lowest BCUT2D eigenvalue weighted by molar-refractivity contribution is 0.630. The number of H-pyrrole nitrogens is 1. The molecule has 0 atom stereocenters. The van der Waals surface area contributed by atoms with Crippen molar-refractivity contribution in [2.24, 2.45) is 0 Å². The van der Waals surface area contributed by atoms with Gasteiger partial charge in [-0.15, -0.1) is 11.3 Å². The van der Waals surface area contributed by atoms with Gasteiger partial charge in [0.2, 0.25) is 0 Å². The van der Waals surface area contributed by atoms with Crippen molar-refractivity contribution >= 4 is 17.0 Å². The average molecular weight is 260 g/mol. The summed E-state index contributed by atoms with van der Waals surface area (Å²) in [6, 6.07) is 8.35. The molecule has 0 unspecified atom stereocenters. The number of aromatic nitrogens is 3. The summed E-state index contributed by atoms with van der Waals surface area (Å²) in [7, 11) is 0. The standard InChI is InChI=1S/C12H9FN4S/c13-7-3-1-4-8(14)10(7)12-15-11(16-17-12)9-5-2-6-18-9/h1-6H,14H2,(H,15,16,17). The summed E-state index contributed by atoms with van der Waals surface area (Å²) in [4.78, 5) is 5.22. The fourth-order valence-electron chi connectivity index (χ4n) is 1.67. The zero-order valence-electron chi connectivity index (χ0n) is 9.22. The monoisotopic (exact) mass is 260 g/mol. The van der Waals surface area contributed by atoms with Crippen molar-refractivity contribution in [3.05, 3.63) is 41.5 Å². The Labute approximate surface area is 106 Å². The number of benzene rings is 1. The van der Waals surface area contributed by atoms with Crippen molar-refractivity contribution in [2.75, 3.05) is 5.73 Å². The van der Waals surface area contributed by atoms with E-state index < -0.39 is 5.82 Å². The third-order valence-electron chi connectivity index (χ3n) is 2.51. The smallest absolute Gasteiger partial charge is 0.186 e. The highest BCUT2D eigenvalue weighted by Gasteiger charge is 2.14. The van der Waals surface area contributed by atoms with Crippen LogP contribution in [-0.2, 0) is 0 Å². The second-order valence-electron chi connectivity index (χ2n) is 3.69. The number of nitrogens with one attached hydrogen (secondary N) is 1. The van der Waals surface area contributed by atoms with E-state index in [0.717, 1.165) is 4.88 Å². The maximum atomic E-state index is 13.7. The van der Waals surface area contributed by atoms with E-state index in [1.54, 1.807) is 12.1 Å². The van der Waals surface area contributed by atoms with E-state index in [0.29, 0.717) is 11.5 Å². The molecule has 0 aliphatic rings. The van der Waals surface area contributed by atoms with Gasteiger partial charge in [-0.2, -0.15) is 5.10 Å².